The van der Waals surface area contributed by atoms with E-state index in [1.54, 1.807) is 6.20 Å². The maximum atomic E-state index is 12.0. The highest BCUT2D eigenvalue weighted by atomic mass is 35.5. The van der Waals surface area contributed by atoms with Gasteiger partial charge in [0.2, 0.25) is 0 Å². The number of halogens is 1. The Morgan fingerprint density at radius 3 is 2.79 bits per heavy atom. The van der Waals surface area contributed by atoms with Gasteiger partial charge in [-0.3, -0.25) is 4.79 Å². The molecule has 0 bridgehead atoms. The molecule has 0 spiro atoms. The summed E-state index contributed by atoms with van der Waals surface area (Å²) in [5.41, 5.74) is -0.455. The number of anilines is 1. The molecule has 1 aliphatic carbocycles. The van der Waals surface area contributed by atoms with Crippen molar-refractivity contribution in [1.82, 2.24) is 9.78 Å². The average Bonchev–Trinajstić information content (AvgIpc) is 2.31. The van der Waals surface area contributed by atoms with Gasteiger partial charge in [-0.1, -0.05) is 25.4 Å². The zero-order chi connectivity index (χ0) is 14.0. The minimum atomic E-state index is -0.657. The first-order valence-electron chi connectivity index (χ1n) is 6.63. The van der Waals surface area contributed by atoms with Crippen molar-refractivity contribution in [3.8, 4) is 0 Å². The van der Waals surface area contributed by atoms with Gasteiger partial charge in [0, 0.05) is 13.1 Å². The van der Waals surface area contributed by atoms with Crippen LogP contribution in [0, 0.1) is 5.92 Å². The molecule has 1 saturated carbocycles. The van der Waals surface area contributed by atoms with Crippen LogP contribution in [-0.4, -0.2) is 27.0 Å². The summed E-state index contributed by atoms with van der Waals surface area (Å²) in [6.45, 7) is 4.98. The first kappa shape index (κ1) is 14.3. The van der Waals surface area contributed by atoms with Gasteiger partial charge in [0.15, 0.2) is 0 Å². The maximum absolute atomic E-state index is 12.0. The Hall–Kier alpha value is -1.07. The summed E-state index contributed by atoms with van der Waals surface area (Å²) in [6, 6.07) is 0. The van der Waals surface area contributed by atoms with Gasteiger partial charge in [-0.05, 0) is 25.2 Å². The Morgan fingerprint density at radius 1 is 1.58 bits per heavy atom. The Labute approximate surface area is 117 Å². The summed E-state index contributed by atoms with van der Waals surface area (Å²) in [7, 11) is 0. The highest BCUT2D eigenvalue weighted by Gasteiger charge is 2.34. The topological polar surface area (TPSA) is 67.2 Å². The number of nitrogens with zero attached hydrogens (tertiary/aromatic N) is 2. The largest absolute Gasteiger partial charge is 0.388 e. The van der Waals surface area contributed by atoms with Crippen molar-refractivity contribution in [2.45, 2.75) is 45.3 Å². The van der Waals surface area contributed by atoms with E-state index in [1.165, 1.54) is 4.68 Å². The second kappa shape index (κ2) is 5.51. The molecular formula is C13H20ClN3O2. The van der Waals surface area contributed by atoms with Crippen molar-refractivity contribution in [1.29, 1.82) is 0 Å². The number of hydrogen-bond donors (Lipinski definition) is 2. The van der Waals surface area contributed by atoms with E-state index in [2.05, 4.69) is 10.4 Å². The third-order valence-corrected chi connectivity index (χ3v) is 3.78. The minimum Gasteiger partial charge on any atom is -0.388 e. The van der Waals surface area contributed by atoms with Crippen molar-refractivity contribution in [2.24, 2.45) is 5.92 Å². The van der Waals surface area contributed by atoms with Crippen molar-refractivity contribution >= 4 is 17.3 Å². The molecule has 1 aromatic rings. The van der Waals surface area contributed by atoms with Crippen LogP contribution in [0.5, 0.6) is 0 Å². The second-order valence-electron chi connectivity index (χ2n) is 5.68. The number of nitrogens with one attached hydrogen (secondary N) is 1. The predicted octanol–water partition coefficient (Wildman–Crippen LogP) is 1.88. The molecule has 0 unspecified atom stereocenters. The molecule has 0 aromatic carbocycles. The molecule has 2 rings (SSSR count). The molecule has 0 saturated heterocycles. The summed E-state index contributed by atoms with van der Waals surface area (Å²) < 4.78 is 1.37. The van der Waals surface area contributed by atoms with E-state index in [9.17, 15) is 9.90 Å². The zero-order valence-corrected chi connectivity index (χ0v) is 12.1. The van der Waals surface area contributed by atoms with E-state index in [0.717, 1.165) is 19.3 Å². The van der Waals surface area contributed by atoms with Crippen LogP contribution in [0.3, 0.4) is 0 Å². The first-order valence-corrected chi connectivity index (χ1v) is 7.01. The Balaban J connectivity index is 2.10. The molecular weight excluding hydrogens is 266 g/mol. The summed E-state index contributed by atoms with van der Waals surface area (Å²) in [5.74, 6) is 0.329. The van der Waals surface area contributed by atoms with Gasteiger partial charge in [-0.15, -0.1) is 0 Å². The van der Waals surface area contributed by atoms with Gasteiger partial charge in [-0.25, -0.2) is 4.68 Å². The van der Waals surface area contributed by atoms with Crippen LogP contribution in [0.15, 0.2) is 11.0 Å². The van der Waals surface area contributed by atoms with E-state index in [4.69, 9.17) is 11.6 Å². The number of hydrogen-bond acceptors (Lipinski definition) is 4. The Bertz CT molecular complexity index is 509. The van der Waals surface area contributed by atoms with Crippen LogP contribution in [-0.2, 0) is 6.54 Å². The lowest BCUT2D eigenvalue weighted by molar-refractivity contribution is -0.0202. The van der Waals surface area contributed by atoms with E-state index in [-0.39, 0.29) is 10.6 Å². The maximum Gasteiger partial charge on any atom is 0.287 e. The van der Waals surface area contributed by atoms with Crippen LogP contribution >= 0.6 is 11.6 Å². The van der Waals surface area contributed by atoms with E-state index in [0.29, 0.717) is 24.7 Å². The SMILES string of the molecule is CC(C)Cn1ncc(NCC2(O)CCC2)c(Cl)c1=O. The van der Waals surface area contributed by atoms with Crippen molar-refractivity contribution < 1.29 is 5.11 Å². The second-order valence-corrected chi connectivity index (χ2v) is 6.06. The molecule has 0 amide bonds. The lowest BCUT2D eigenvalue weighted by atomic mass is 9.80. The molecule has 0 aliphatic heterocycles. The molecule has 1 aliphatic rings. The molecule has 0 atom stereocenters. The zero-order valence-electron chi connectivity index (χ0n) is 11.3. The first-order chi connectivity index (χ1) is 8.91. The van der Waals surface area contributed by atoms with E-state index in [1.807, 2.05) is 13.8 Å². The highest BCUT2D eigenvalue weighted by molar-refractivity contribution is 6.32. The van der Waals surface area contributed by atoms with Crippen LogP contribution in [0.2, 0.25) is 5.02 Å². The fourth-order valence-corrected chi connectivity index (χ4v) is 2.30. The van der Waals surface area contributed by atoms with Crippen LogP contribution in [0.4, 0.5) is 5.69 Å². The number of rotatable bonds is 5. The molecule has 106 valence electrons. The van der Waals surface area contributed by atoms with Crippen molar-refractivity contribution in [3.05, 3.63) is 21.6 Å². The molecule has 6 heteroatoms. The smallest absolute Gasteiger partial charge is 0.287 e. The Kier molecular flexibility index (Phi) is 4.16. The summed E-state index contributed by atoms with van der Waals surface area (Å²) in [6.07, 6.45) is 4.17. The lowest BCUT2D eigenvalue weighted by Gasteiger charge is -2.36. The fraction of sp³-hybridized carbons (Fsp3) is 0.692. The van der Waals surface area contributed by atoms with Crippen molar-refractivity contribution in [3.63, 3.8) is 0 Å². The van der Waals surface area contributed by atoms with Gasteiger partial charge >= 0.3 is 0 Å². The molecule has 1 fully saturated rings. The normalized spacial score (nSPS) is 17.3. The molecule has 1 aromatic heterocycles. The third kappa shape index (κ3) is 3.28. The predicted molar refractivity (Wildman–Crippen MR) is 75.6 cm³/mol. The lowest BCUT2D eigenvalue weighted by Crippen LogP contribution is -2.43. The standard InChI is InChI=1S/C13H20ClN3O2/c1-9(2)7-17-12(18)11(14)10(6-16-17)15-8-13(19)4-3-5-13/h6,9,15,19H,3-5,7-8H2,1-2H3. The molecule has 0 radical (unpaired) electrons. The van der Waals surface area contributed by atoms with Gasteiger partial charge in [-0.2, -0.15) is 5.10 Å². The third-order valence-electron chi connectivity index (χ3n) is 3.42. The van der Waals surface area contributed by atoms with E-state index < -0.39 is 5.60 Å². The molecule has 2 N–H and O–H groups in total. The van der Waals surface area contributed by atoms with Gasteiger partial charge in [0.25, 0.3) is 5.56 Å². The van der Waals surface area contributed by atoms with Gasteiger partial charge in [0.05, 0.1) is 17.5 Å². The fourth-order valence-electron chi connectivity index (χ4n) is 2.09. The number of aliphatic hydroxyl groups is 1. The van der Waals surface area contributed by atoms with E-state index >= 15 is 0 Å². The minimum absolute atomic E-state index is 0.138. The summed E-state index contributed by atoms with van der Waals surface area (Å²) >= 11 is 6.05. The van der Waals surface area contributed by atoms with Gasteiger partial charge in [0.1, 0.15) is 5.02 Å². The van der Waals surface area contributed by atoms with Crippen LogP contribution < -0.4 is 10.9 Å². The molecule has 19 heavy (non-hydrogen) atoms. The average molecular weight is 286 g/mol. The van der Waals surface area contributed by atoms with Crippen LogP contribution in [0.25, 0.3) is 0 Å². The van der Waals surface area contributed by atoms with Gasteiger partial charge < -0.3 is 10.4 Å². The summed E-state index contributed by atoms with van der Waals surface area (Å²) in [4.78, 5) is 12.0. The van der Waals surface area contributed by atoms with Crippen LogP contribution in [0.1, 0.15) is 33.1 Å². The van der Waals surface area contributed by atoms with Crippen molar-refractivity contribution in [2.75, 3.05) is 11.9 Å². The number of aromatic nitrogens is 2. The molecule has 5 nitrogen and oxygen atoms in total. The highest BCUT2D eigenvalue weighted by Crippen LogP contribution is 2.32. The monoisotopic (exact) mass is 285 g/mol. The molecule has 1 heterocycles. The summed E-state index contributed by atoms with van der Waals surface area (Å²) in [5, 5.41) is 17.3. The Morgan fingerprint density at radius 2 is 2.26 bits per heavy atom. The quantitative estimate of drug-likeness (QED) is 0.867.